The molecule has 0 aliphatic carbocycles. The number of likely N-dealkylation sites (tertiary alicyclic amines) is 1. The van der Waals surface area contributed by atoms with Crippen molar-refractivity contribution in [2.24, 2.45) is 5.73 Å². The van der Waals surface area contributed by atoms with Crippen LogP contribution < -0.4 is 5.73 Å². The summed E-state index contributed by atoms with van der Waals surface area (Å²) < 4.78 is 0. The zero-order valence-corrected chi connectivity index (χ0v) is 10.0. The Bertz CT molecular complexity index is 366. The molecule has 2 heterocycles. The van der Waals surface area contributed by atoms with Gasteiger partial charge in [0.05, 0.1) is 0 Å². The Kier molecular flexibility index (Phi) is 4.09. The van der Waals surface area contributed by atoms with Gasteiger partial charge in [0.15, 0.2) is 0 Å². The molecule has 0 bridgehead atoms. The van der Waals surface area contributed by atoms with Crippen LogP contribution in [0.4, 0.5) is 0 Å². The van der Waals surface area contributed by atoms with E-state index in [4.69, 9.17) is 5.73 Å². The van der Waals surface area contributed by atoms with Crippen molar-refractivity contribution in [1.82, 2.24) is 9.88 Å². The Morgan fingerprint density at radius 1 is 1.53 bits per heavy atom. The van der Waals surface area contributed by atoms with Crippen LogP contribution in [0.25, 0.3) is 0 Å². The molecule has 1 amide bonds. The summed E-state index contributed by atoms with van der Waals surface area (Å²) >= 11 is 0. The van der Waals surface area contributed by atoms with Crippen LogP contribution in [0, 0.1) is 0 Å². The summed E-state index contributed by atoms with van der Waals surface area (Å²) in [7, 11) is 0. The fourth-order valence-corrected chi connectivity index (χ4v) is 2.33. The highest BCUT2D eigenvalue weighted by Gasteiger charge is 2.26. The van der Waals surface area contributed by atoms with Crippen molar-refractivity contribution in [3.63, 3.8) is 0 Å². The van der Waals surface area contributed by atoms with Crippen LogP contribution in [0.5, 0.6) is 0 Å². The Balaban J connectivity index is 1.85. The van der Waals surface area contributed by atoms with Crippen molar-refractivity contribution >= 4 is 5.91 Å². The molecular weight excluding hydrogens is 214 g/mol. The van der Waals surface area contributed by atoms with Crippen molar-refractivity contribution in [2.45, 2.75) is 31.7 Å². The molecule has 1 atom stereocenters. The first-order chi connectivity index (χ1) is 8.31. The fourth-order valence-electron chi connectivity index (χ4n) is 2.33. The van der Waals surface area contributed by atoms with Crippen molar-refractivity contribution in [3.8, 4) is 0 Å². The van der Waals surface area contributed by atoms with E-state index in [0.717, 1.165) is 25.1 Å². The van der Waals surface area contributed by atoms with Gasteiger partial charge in [-0.25, -0.2) is 0 Å². The van der Waals surface area contributed by atoms with Crippen LogP contribution >= 0.6 is 0 Å². The third-order valence-electron chi connectivity index (χ3n) is 3.29. The first-order valence-electron chi connectivity index (χ1n) is 6.20. The van der Waals surface area contributed by atoms with Crippen molar-refractivity contribution in [2.75, 3.05) is 13.1 Å². The molecule has 1 aliphatic heterocycles. The molecule has 92 valence electrons. The van der Waals surface area contributed by atoms with Gasteiger partial charge in [-0.15, -0.1) is 0 Å². The number of nitrogens with two attached hydrogens (primary N) is 1. The number of carbonyl (C=O) groups is 1. The second-order valence-electron chi connectivity index (χ2n) is 4.44. The van der Waals surface area contributed by atoms with Crippen LogP contribution in [-0.2, 0) is 11.2 Å². The fraction of sp³-hybridized carbons (Fsp3) is 0.538. The van der Waals surface area contributed by atoms with Gasteiger partial charge in [0, 0.05) is 37.4 Å². The second-order valence-corrected chi connectivity index (χ2v) is 4.44. The van der Waals surface area contributed by atoms with Gasteiger partial charge in [0.2, 0.25) is 5.91 Å². The SMILES string of the molecule is NCC1CCCN1C(=O)CCc1ccccn1. The van der Waals surface area contributed by atoms with Crippen LogP contribution in [-0.4, -0.2) is 34.9 Å². The topological polar surface area (TPSA) is 59.2 Å². The van der Waals surface area contributed by atoms with Gasteiger partial charge in [-0.05, 0) is 31.4 Å². The molecule has 0 spiro atoms. The lowest BCUT2D eigenvalue weighted by Crippen LogP contribution is -2.40. The standard InChI is InChI=1S/C13H19N3O/c14-10-12-5-3-9-16(12)13(17)7-6-11-4-1-2-8-15-11/h1-2,4,8,12H,3,5-7,9-10,14H2. The molecule has 2 N–H and O–H groups in total. The maximum absolute atomic E-state index is 12.0. The Labute approximate surface area is 102 Å². The molecule has 1 saturated heterocycles. The van der Waals surface area contributed by atoms with E-state index < -0.39 is 0 Å². The van der Waals surface area contributed by atoms with Crippen LogP contribution in [0.15, 0.2) is 24.4 Å². The van der Waals surface area contributed by atoms with E-state index in [1.54, 1.807) is 6.20 Å². The second kappa shape index (κ2) is 5.77. The van der Waals surface area contributed by atoms with Crippen LogP contribution in [0.1, 0.15) is 25.0 Å². The summed E-state index contributed by atoms with van der Waals surface area (Å²) in [6.45, 7) is 1.44. The summed E-state index contributed by atoms with van der Waals surface area (Å²) in [6, 6.07) is 6.05. The number of aryl methyl sites for hydroxylation is 1. The molecule has 0 aromatic carbocycles. The molecule has 4 heteroatoms. The summed E-state index contributed by atoms with van der Waals surface area (Å²) in [5.41, 5.74) is 6.64. The van der Waals surface area contributed by atoms with Crippen LogP contribution in [0.3, 0.4) is 0 Å². The van der Waals surface area contributed by atoms with E-state index in [9.17, 15) is 4.79 Å². The molecule has 1 unspecified atom stereocenters. The molecule has 4 nitrogen and oxygen atoms in total. The minimum absolute atomic E-state index is 0.212. The maximum Gasteiger partial charge on any atom is 0.223 e. The van der Waals surface area contributed by atoms with E-state index in [1.807, 2.05) is 23.1 Å². The predicted octanol–water partition coefficient (Wildman–Crippen LogP) is 0.964. The third-order valence-corrected chi connectivity index (χ3v) is 3.29. The number of amides is 1. The van der Waals surface area contributed by atoms with Gasteiger partial charge in [-0.2, -0.15) is 0 Å². The van der Waals surface area contributed by atoms with Gasteiger partial charge >= 0.3 is 0 Å². The zero-order chi connectivity index (χ0) is 12.1. The molecule has 2 rings (SSSR count). The minimum atomic E-state index is 0.212. The van der Waals surface area contributed by atoms with Gasteiger partial charge in [-0.3, -0.25) is 9.78 Å². The highest BCUT2D eigenvalue weighted by molar-refractivity contribution is 5.77. The lowest BCUT2D eigenvalue weighted by Gasteiger charge is -2.23. The van der Waals surface area contributed by atoms with Gasteiger partial charge in [0.25, 0.3) is 0 Å². The Morgan fingerprint density at radius 3 is 3.12 bits per heavy atom. The van der Waals surface area contributed by atoms with Crippen molar-refractivity contribution < 1.29 is 4.79 Å². The number of hydrogen-bond acceptors (Lipinski definition) is 3. The van der Waals surface area contributed by atoms with Crippen molar-refractivity contribution in [3.05, 3.63) is 30.1 Å². The molecule has 1 fully saturated rings. The van der Waals surface area contributed by atoms with E-state index in [-0.39, 0.29) is 11.9 Å². The number of nitrogens with zero attached hydrogens (tertiary/aromatic N) is 2. The average Bonchev–Trinajstić information content (AvgIpc) is 2.85. The first kappa shape index (κ1) is 12.0. The largest absolute Gasteiger partial charge is 0.338 e. The molecule has 0 saturated carbocycles. The summed E-state index contributed by atoms with van der Waals surface area (Å²) in [5.74, 6) is 0.212. The minimum Gasteiger partial charge on any atom is -0.338 e. The molecule has 1 aliphatic rings. The van der Waals surface area contributed by atoms with E-state index in [2.05, 4.69) is 4.98 Å². The Hall–Kier alpha value is -1.42. The van der Waals surface area contributed by atoms with Gasteiger partial charge in [0.1, 0.15) is 0 Å². The number of hydrogen-bond donors (Lipinski definition) is 1. The summed E-state index contributed by atoms with van der Waals surface area (Å²) in [6.07, 6.45) is 5.14. The lowest BCUT2D eigenvalue weighted by atomic mass is 10.2. The molecule has 17 heavy (non-hydrogen) atoms. The first-order valence-corrected chi connectivity index (χ1v) is 6.20. The quantitative estimate of drug-likeness (QED) is 0.842. The third kappa shape index (κ3) is 3.03. The molecule has 0 radical (unpaired) electrons. The number of carbonyl (C=O) groups excluding carboxylic acids is 1. The van der Waals surface area contributed by atoms with E-state index >= 15 is 0 Å². The number of pyridine rings is 1. The molecule has 1 aromatic rings. The highest BCUT2D eigenvalue weighted by atomic mass is 16.2. The van der Waals surface area contributed by atoms with E-state index in [0.29, 0.717) is 19.4 Å². The van der Waals surface area contributed by atoms with Gasteiger partial charge in [-0.1, -0.05) is 6.07 Å². The van der Waals surface area contributed by atoms with Gasteiger partial charge < -0.3 is 10.6 Å². The van der Waals surface area contributed by atoms with E-state index in [1.165, 1.54) is 0 Å². The smallest absolute Gasteiger partial charge is 0.223 e. The van der Waals surface area contributed by atoms with Crippen LogP contribution in [0.2, 0.25) is 0 Å². The molecular formula is C13H19N3O. The van der Waals surface area contributed by atoms with Crippen molar-refractivity contribution in [1.29, 1.82) is 0 Å². The average molecular weight is 233 g/mol. The predicted molar refractivity (Wildman–Crippen MR) is 66.3 cm³/mol. The normalized spacial score (nSPS) is 19.6. The monoisotopic (exact) mass is 233 g/mol. The summed E-state index contributed by atoms with van der Waals surface area (Å²) in [4.78, 5) is 18.2. The highest BCUT2D eigenvalue weighted by Crippen LogP contribution is 2.17. The maximum atomic E-state index is 12.0. The summed E-state index contributed by atoms with van der Waals surface area (Å²) in [5, 5.41) is 0. The number of rotatable bonds is 4. The lowest BCUT2D eigenvalue weighted by molar-refractivity contribution is -0.131. The zero-order valence-electron chi connectivity index (χ0n) is 10.0. The Morgan fingerprint density at radius 2 is 2.41 bits per heavy atom. The molecule has 1 aromatic heterocycles. The number of aromatic nitrogens is 1.